The van der Waals surface area contributed by atoms with Gasteiger partial charge >= 0.3 is 0 Å². The maximum atomic E-state index is 12.6. The van der Waals surface area contributed by atoms with E-state index in [0.29, 0.717) is 11.3 Å². The lowest BCUT2D eigenvalue weighted by Crippen LogP contribution is -2.09. The minimum absolute atomic E-state index is 0.140. The van der Waals surface area contributed by atoms with Crippen molar-refractivity contribution in [1.29, 1.82) is 0 Å². The second-order valence-corrected chi connectivity index (χ2v) is 7.57. The molecule has 2 aromatic carbocycles. The van der Waals surface area contributed by atoms with Gasteiger partial charge in [0.25, 0.3) is 0 Å². The van der Waals surface area contributed by atoms with E-state index < -0.39 is 9.84 Å². The van der Waals surface area contributed by atoms with Gasteiger partial charge in [-0.3, -0.25) is 0 Å². The van der Waals surface area contributed by atoms with Crippen LogP contribution < -0.4 is 10.5 Å². The summed E-state index contributed by atoms with van der Waals surface area (Å²) in [4.78, 5) is 0.164. The van der Waals surface area contributed by atoms with E-state index in [1.165, 1.54) is 0 Å². The third kappa shape index (κ3) is 3.57. The van der Waals surface area contributed by atoms with E-state index in [2.05, 4.69) is 15.9 Å². The molecule has 0 spiro atoms. The van der Waals surface area contributed by atoms with Crippen LogP contribution in [0.3, 0.4) is 0 Å². The second kappa shape index (κ2) is 6.07. The summed E-state index contributed by atoms with van der Waals surface area (Å²) in [5.74, 6) is 0.471. The van der Waals surface area contributed by atoms with Gasteiger partial charge in [-0.2, -0.15) is 0 Å². The van der Waals surface area contributed by atoms with Crippen LogP contribution in [0.2, 0.25) is 0 Å². The van der Waals surface area contributed by atoms with Crippen molar-refractivity contribution in [3.05, 3.63) is 52.0 Å². The van der Waals surface area contributed by atoms with E-state index in [1.54, 1.807) is 43.5 Å². The number of anilines is 1. The van der Waals surface area contributed by atoms with Crippen molar-refractivity contribution in [3.63, 3.8) is 0 Å². The van der Waals surface area contributed by atoms with Crippen molar-refractivity contribution in [2.24, 2.45) is 0 Å². The van der Waals surface area contributed by atoms with E-state index in [9.17, 15) is 8.42 Å². The Bertz CT molecular complexity index is 772. The third-order valence-corrected chi connectivity index (χ3v) is 5.59. The van der Waals surface area contributed by atoms with Gasteiger partial charge in [-0.15, -0.1) is 0 Å². The Balaban J connectivity index is 2.44. The number of ether oxygens (including phenoxy) is 1. The summed E-state index contributed by atoms with van der Waals surface area (Å²) in [5.41, 5.74) is 7.56. The lowest BCUT2D eigenvalue weighted by atomic mass is 10.2. The Kier molecular flexibility index (Phi) is 4.58. The average Bonchev–Trinajstić information content (AvgIpc) is 2.43. The predicted molar refractivity (Wildman–Crippen MR) is 87.2 cm³/mol. The molecule has 0 atom stereocenters. The molecule has 112 valence electrons. The van der Waals surface area contributed by atoms with Crippen LogP contribution in [0.25, 0.3) is 0 Å². The van der Waals surface area contributed by atoms with Crippen molar-refractivity contribution in [2.45, 2.75) is 17.6 Å². The first-order valence-electron chi connectivity index (χ1n) is 6.25. The smallest absolute Gasteiger partial charge is 0.184 e. The Morgan fingerprint density at radius 1 is 1.19 bits per heavy atom. The molecule has 2 aromatic rings. The lowest BCUT2D eigenvalue weighted by Gasteiger charge is -2.11. The maximum absolute atomic E-state index is 12.6. The van der Waals surface area contributed by atoms with E-state index >= 15 is 0 Å². The molecule has 0 aliphatic rings. The summed E-state index contributed by atoms with van der Waals surface area (Å²) >= 11 is 3.37. The van der Waals surface area contributed by atoms with Crippen molar-refractivity contribution in [1.82, 2.24) is 0 Å². The molecule has 2 rings (SSSR count). The van der Waals surface area contributed by atoms with E-state index in [-0.39, 0.29) is 16.3 Å². The summed E-state index contributed by atoms with van der Waals surface area (Å²) in [5, 5.41) is 0. The van der Waals surface area contributed by atoms with Gasteiger partial charge < -0.3 is 10.5 Å². The van der Waals surface area contributed by atoms with Crippen LogP contribution in [0, 0.1) is 6.92 Å². The molecule has 0 saturated heterocycles. The highest BCUT2D eigenvalue weighted by Gasteiger charge is 2.20. The molecular formula is C15H16BrNO3S. The number of sulfone groups is 1. The molecule has 0 unspecified atom stereocenters. The van der Waals surface area contributed by atoms with Crippen LogP contribution in [0.1, 0.15) is 11.1 Å². The Hall–Kier alpha value is -1.53. The summed E-state index contributed by atoms with van der Waals surface area (Å²) < 4.78 is 31.0. The van der Waals surface area contributed by atoms with Gasteiger partial charge in [-0.05, 0) is 48.4 Å². The van der Waals surface area contributed by atoms with Crippen LogP contribution in [0.5, 0.6) is 5.75 Å². The van der Waals surface area contributed by atoms with Gasteiger partial charge in [0, 0.05) is 4.47 Å². The highest BCUT2D eigenvalue weighted by molar-refractivity contribution is 9.10. The zero-order chi connectivity index (χ0) is 15.6. The van der Waals surface area contributed by atoms with Crippen LogP contribution >= 0.6 is 15.9 Å². The summed E-state index contributed by atoms with van der Waals surface area (Å²) in [6.45, 7) is 1.83. The molecule has 0 aliphatic carbocycles. The maximum Gasteiger partial charge on any atom is 0.184 e. The van der Waals surface area contributed by atoms with Crippen molar-refractivity contribution < 1.29 is 13.2 Å². The largest absolute Gasteiger partial charge is 0.497 e. The number of halogens is 1. The predicted octanol–water partition coefficient (Wildman–Crippen LogP) is 3.32. The first kappa shape index (κ1) is 15.9. The molecule has 0 radical (unpaired) electrons. The van der Waals surface area contributed by atoms with Crippen molar-refractivity contribution in [2.75, 3.05) is 12.8 Å². The number of rotatable bonds is 4. The number of aryl methyl sites for hydroxylation is 1. The molecule has 0 saturated carbocycles. The fraction of sp³-hybridized carbons (Fsp3) is 0.200. The molecule has 0 fully saturated rings. The second-order valence-electron chi connectivity index (χ2n) is 4.76. The Labute approximate surface area is 133 Å². The number of benzene rings is 2. The Morgan fingerprint density at radius 3 is 2.57 bits per heavy atom. The summed E-state index contributed by atoms with van der Waals surface area (Å²) in [6, 6.07) is 10.2. The minimum atomic E-state index is -3.52. The summed E-state index contributed by atoms with van der Waals surface area (Å²) in [7, 11) is -1.98. The standard InChI is InChI=1S/C15H16BrNO3S/c1-10-3-6-14(17)15(7-10)21(18,19)9-11-8-12(20-2)4-5-13(11)16/h3-8H,9,17H2,1-2H3. The first-order valence-corrected chi connectivity index (χ1v) is 8.69. The van der Waals surface area contributed by atoms with Crippen LogP contribution in [-0.4, -0.2) is 15.5 Å². The number of nitrogen functional groups attached to an aromatic ring is 1. The van der Waals surface area contributed by atoms with Gasteiger partial charge in [-0.25, -0.2) is 8.42 Å². The third-order valence-electron chi connectivity index (χ3n) is 3.10. The number of methoxy groups -OCH3 is 1. The number of hydrogen-bond acceptors (Lipinski definition) is 4. The molecule has 21 heavy (non-hydrogen) atoms. The fourth-order valence-corrected chi connectivity index (χ4v) is 4.15. The first-order chi connectivity index (χ1) is 9.83. The monoisotopic (exact) mass is 369 g/mol. The van der Waals surface area contributed by atoms with Gasteiger partial charge in [0.15, 0.2) is 9.84 Å². The van der Waals surface area contributed by atoms with Crippen LogP contribution in [0.4, 0.5) is 5.69 Å². The quantitative estimate of drug-likeness (QED) is 0.839. The molecule has 4 nitrogen and oxygen atoms in total. The van der Waals surface area contributed by atoms with E-state index in [4.69, 9.17) is 10.5 Å². The normalized spacial score (nSPS) is 11.4. The topological polar surface area (TPSA) is 69.4 Å². The minimum Gasteiger partial charge on any atom is -0.497 e. The van der Waals surface area contributed by atoms with Gasteiger partial charge in [0.2, 0.25) is 0 Å². The molecule has 0 heterocycles. The van der Waals surface area contributed by atoms with Gasteiger partial charge in [0.05, 0.1) is 23.4 Å². The van der Waals surface area contributed by atoms with Crippen molar-refractivity contribution >= 4 is 31.5 Å². The highest BCUT2D eigenvalue weighted by Crippen LogP contribution is 2.28. The average molecular weight is 370 g/mol. The lowest BCUT2D eigenvalue weighted by molar-refractivity contribution is 0.414. The van der Waals surface area contributed by atoms with Gasteiger partial charge in [-0.1, -0.05) is 22.0 Å². The van der Waals surface area contributed by atoms with E-state index in [0.717, 1.165) is 10.0 Å². The number of nitrogens with two attached hydrogens (primary N) is 1. The Morgan fingerprint density at radius 2 is 1.90 bits per heavy atom. The fourth-order valence-electron chi connectivity index (χ4n) is 1.98. The molecule has 6 heteroatoms. The van der Waals surface area contributed by atoms with E-state index in [1.807, 2.05) is 6.92 Å². The molecule has 0 aliphatic heterocycles. The van der Waals surface area contributed by atoms with Crippen LogP contribution in [0.15, 0.2) is 45.8 Å². The molecule has 0 bridgehead atoms. The SMILES string of the molecule is COc1ccc(Br)c(CS(=O)(=O)c2cc(C)ccc2N)c1. The van der Waals surface area contributed by atoms with Crippen molar-refractivity contribution in [3.8, 4) is 5.75 Å². The summed E-state index contributed by atoms with van der Waals surface area (Å²) in [6.07, 6.45) is 0. The molecular weight excluding hydrogens is 354 g/mol. The molecule has 2 N–H and O–H groups in total. The van der Waals surface area contributed by atoms with Crippen LogP contribution in [-0.2, 0) is 15.6 Å². The zero-order valence-electron chi connectivity index (χ0n) is 11.8. The number of hydrogen-bond donors (Lipinski definition) is 1. The zero-order valence-corrected chi connectivity index (χ0v) is 14.2. The molecule has 0 aromatic heterocycles. The van der Waals surface area contributed by atoms with Gasteiger partial charge in [0.1, 0.15) is 5.75 Å². The highest BCUT2D eigenvalue weighted by atomic mass is 79.9. The molecule has 0 amide bonds.